The maximum atomic E-state index is 11.2. The van der Waals surface area contributed by atoms with E-state index < -0.39 is 5.97 Å². The maximum absolute atomic E-state index is 11.2. The molecule has 6 nitrogen and oxygen atoms in total. The summed E-state index contributed by atoms with van der Waals surface area (Å²) in [6.07, 6.45) is 2.70. The molecule has 1 heterocycles. The molecule has 0 bridgehead atoms. The Bertz CT molecular complexity index is 609. The summed E-state index contributed by atoms with van der Waals surface area (Å²) in [7, 11) is 0. The van der Waals surface area contributed by atoms with Gasteiger partial charge in [-0.15, -0.1) is 5.10 Å². The number of benzene rings is 1. The Morgan fingerprint density at radius 2 is 2.37 bits per heavy atom. The highest BCUT2D eigenvalue weighted by molar-refractivity contribution is 6.30. The summed E-state index contributed by atoms with van der Waals surface area (Å²) in [5.74, 6) is 0.0399. The standard InChI is InChI=1S/C12H11ClN4O2/c1-2-19-11(18)6-7-17-12(14-15-16-17)9-4-3-5-10(13)8-9/h3-8H,2H2,1H3/b7-6-. The van der Waals surface area contributed by atoms with Gasteiger partial charge in [-0.25, -0.2) is 4.79 Å². The number of carbonyl (C=O) groups is 1. The van der Waals surface area contributed by atoms with Gasteiger partial charge in [0.2, 0.25) is 0 Å². The lowest BCUT2D eigenvalue weighted by Crippen LogP contribution is -2.01. The number of nitrogens with zero attached hydrogens (tertiary/aromatic N) is 4. The Morgan fingerprint density at radius 1 is 1.53 bits per heavy atom. The number of halogens is 1. The monoisotopic (exact) mass is 278 g/mol. The summed E-state index contributed by atoms with van der Waals surface area (Å²) < 4.78 is 6.15. The molecule has 0 amide bonds. The molecule has 0 unspecified atom stereocenters. The molecule has 0 radical (unpaired) electrons. The first-order valence-electron chi connectivity index (χ1n) is 5.59. The van der Waals surface area contributed by atoms with Gasteiger partial charge in [0.15, 0.2) is 5.82 Å². The molecule has 0 spiro atoms. The van der Waals surface area contributed by atoms with Crippen molar-refractivity contribution in [3.8, 4) is 11.4 Å². The fourth-order valence-corrected chi connectivity index (χ4v) is 1.62. The third-order valence-electron chi connectivity index (χ3n) is 2.21. The highest BCUT2D eigenvalue weighted by Crippen LogP contribution is 2.19. The van der Waals surface area contributed by atoms with Crippen molar-refractivity contribution in [1.82, 2.24) is 20.2 Å². The van der Waals surface area contributed by atoms with Crippen LogP contribution < -0.4 is 0 Å². The molecule has 0 atom stereocenters. The van der Waals surface area contributed by atoms with Gasteiger partial charge >= 0.3 is 5.97 Å². The van der Waals surface area contributed by atoms with Crippen LogP contribution in [0.15, 0.2) is 30.3 Å². The number of hydrogen-bond donors (Lipinski definition) is 0. The topological polar surface area (TPSA) is 69.9 Å². The van der Waals surface area contributed by atoms with Crippen LogP contribution in [0.5, 0.6) is 0 Å². The van der Waals surface area contributed by atoms with Crippen molar-refractivity contribution < 1.29 is 9.53 Å². The molecule has 19 heavy (non-hydrogen) atoms. The number of hydrogen-bond acceptors (Lipinski definition) is 5. The first-order chi connectivity index (χ1) is 9.20. The van der Waals surface area contributed by atoms with E-state index in [9.17, 15) is 4.79 Å². The quantitative estimate of drug-likeness (QED) is 0.632. The molecule has 98 valence electrons. The zero-order valence-corrected chi connectivity index (χ0v) is 10.9. The summed E-state index contributed by atoms with van der Waals surface area (Å²) in [5, 5.41) is 11.8. The number of aromatic nitrogens is 4. The average molecular weight is 279 g/mol. The lowest BCUT2D eigenvalue weighted by atomic mass is 10.2. The van der Waals surface area contributed by atoms with E-state index in [1.54, 1.807) is 25.1 Å². The van der Waals surface area contributed by atoms with Gasteiger partial charge in [-0.3, -0.25) is 0 Å². The van der Waals surface area contributed by atoms with Gasteiger partial charge in [0.25, 0.3) is 0 Å². The Morgan fingerprint density at radius 3 is 3.11 bits per heavy atom. The minimum atomic E-state index is -0.449. The molecule has 2 aromatic rings. The number of esters is 1. The van der Waals surface area contributed by atoms with Crippen molar-refractivity contribution in [2.75, 3.05) is 6.61 Å². The normalized spacial score (nSPS) is 10.8. The molecule has 0 aliphatic rings. The van der Waals surface area contributed by atoms with Gasteiger partial charge < -0.3 is 4.74 Å². The number of carbonyl (C=O) groups excluding carboxylic acids is 1. The molecular formula is C12H11ClN4O2. The average Bonchev–Trinajstić information content (AvgIpc) is 2.85. The molecule has 7 heteroatoms. The molecule has 0 fully saturated rings. The first kappa shape index (κ1) is 13.2. The SMILES string of the molecule is CCOC(=O)/C=C\n1nnnc1-c1cccc(Cl)c1. The number of tetrazole rings is 1. The van der Waals surface area contributed by atoms with Crippen LogP contribution >= 0.6 is 11.6 Å². The van der Waals surface area contributed by atoms with Crippen LogP contribution in [-0.4, -0.2) is 32.8 Å². The van der Waals surface area contributed by atoms with E-state index in [2.05, 4.69) is 15.5 Å². The van der Waals surface area contributed by atoms with E-state index in [4.69, 9.17) is 16.3 Å². The largest absolute Gasteiger partial charge is 0.463 e. The lowest BCUT2D eigenvalue weighted by Gasteiger charge is -2.00. The molecule has 0 saturated carbocycles. The van der Waals surface area contributed by atoms with Crippen molar-refractivity contribution in [3.63, 3.8) is 0 Å². The number of rotatable bonds is 4. The highest BCUT2D eigenvalue weighted by Gasteiger charge is 2.07. The first-order valence-corrected chi connectivity index (χ1v) is 5.97. The van der Waals surface area contributed by atoms with Crippen molar-refractivity contribution in [1.29, 1.82) is 0 Å². The van der Waals surface area contributed by atoms with Crippen LogP contribution in [0.3, 0.4) is 0 Å². The van der Waals surface area contributed by atoms with Gasteiger partial charge in [-0.1, -0.05) is 23.7 Å². The zero-order chi connectivity index (χ0) is 13.7. The summed E-state index contributed by atoms with van der Waals surface area (Å²) in [6, 6.07) is 7.12. The van der Waals surface area contributed by atoms with E-state index in [-0.39, 0.29) is 0 Å². The zero-order valence-electron chi connectivity index (χ0n) is 10.2. The van der Waals surface area contributed by atoms with Crippen LogP contribution in [-0.2, 0) is 9.53 Å². The van der Waals surface area contributed by atoms with Crippen LogP contribution in [0.25, 0.3) is 17.6 Å². The van der Waals surface area contributed by atoms with Crippen molar-refractivity contribution in [3.05, 3.63) is 35.4 Å². The van der Waals surface area contributed by atoms with Gasteiger partial charge in [0.05, 0.1) is 6.61 Å². The second-order valence-electron chi connectivity index (χ2n) is 3.53. The van der Waals surface area contributed by atoms with Crippen LogP contribution in [0, 0.1) is 0 Å². The number of ether oxygens (including phenoxy) is 1. The molecule has 0 N–H and O–H groups in total. The second-order valence-corrected chi connectivity index (χ2v) is 3.96. The minimum Gasteiger partial charge on any atom is -0.463 e. The smallest absolute Gasteiger partial charge is 0.332 e. The third-order valence-corrected chi connectivity index (χ3v) is 2.45. The van der Waals surface area contributed by atoms with Gasteiger partial charge in [-0.2, -0.15) is 4.68 Å². The summed E-state index contributed by atoms with van der Waals surface area (Å²) >= 11 is 5.91. The van der Waals surface area contributed by atoms with E-state index in [0.717, 1.165) is 5.56 Å². The summed E-state index contributed by atoms with van der Waals surface area (Å²) in [4.78, 5) is 11.2. The van der Waals surface area contributed by atoms with E-state index in [1.165, 1.54) is 17.0 Å². The van der Waals surface area contributed by atoms with E-state index >= 15 is 0 Å². The molecule has 2 rings (SSSR count). The fourth-order valence-electron chi connectivity index (χ4n) is 1.43. The molecule has 0 aliphatic heterocycles. The van der Waals surface area contributed by atoms with Gasteiger partial charge in [0.1, 0.15) is 0 Å². The van der Waals surface area contributed by atoms with Crippen molar-refractivity contribution in [2.24, 2.45) is 0 Å². The lowest BCUT2D eigenvalue weighted by molar-refractivity contribution is -0.137. The minimum absolute atomic E-state index is 0.319. The Kier molecular flexibility index (Phi) is 4.25. The molecule has 1 aromatic heterocycles. The fraction of sp³-hybridized carbons (Fsp3) is 0.167. The Hall–Kier alpha value is -2.21. The van der Waals surface area contributed by atoms with Gasteiger partial charge in [-0.05, 0) is 29.5 Å². The van der Waals surface area contributed by atoms with Crippen molar-refractivity contribution in [2.45, 2.75) is 6.92 Å². The van der Waals surface area contributed by atoms with E-state index in [0.29, 0.717) is 17.5 Å². The molecular weight excluding hydrogens is 268 g/mol. The molecule has 1 aromatic carbocycles. The third kappa shape index (κ3) is 3.38. The molecule has 0 saturated heterocycles. The second kappa shape index (κ2) is 6.10. The van der Waals surface area contributed by atoms with Gasteiger partial charge in [0, 0.05) is 22.9 Å². The summed E-state index contributed by atoms with van der Waals surface area (Å²) in [5.41, 5.74) is 0.756. The van der Waals surface area contributed by atoms with Crippen LogP contribution in [0.2, 0.25) is 5.02 Å². The maximum Gasteiger partial charge on any atom is 0.332 e. The Labute approximate surface area is 114 Å². The molecule has 0 aliphatic carbocycles. The van der Waals surface area contributed by atoms with Crippen molar-refractivity contribution >= 4 is 23.8 Å². The predicted molar refractivity (Wildman–Crippen MR) is 70.2 cm³/mol. The highest BCUT2D eigenvalue weighted by atomic mass is 35.5. The summed E-state index contributed by atoms with van der Waals surface area (Å²) in [6.45, 7) is 2.06. The Balaban J connectivity index is 2.25. The van der Waals surface area contributed by atoms with E-state index in [1.807, 2.05) is 6.07 Å². The van der Waals surface area contributed by atoms with Crippen LogP contribution in [0.4, 0.5) is 0 Å². The predicted octanol–water partition coefficient (Wildman–Crippen LogP) is 2.03. The van der Waals surface area contributed by atoms with Crippen LogP contribution in [0.1, 0.15) is 6.92 Å².